The monoisotopic (exact) mass is 464 g/mol. The summed E-state index contributed by atoms with van der Waals surface area (Å²) in [4.78, 5) is 36.2. The molecule has 0 saturated heterocycles. The van der Waals surface area contributed by atoms with E-state index in [0.29, 0.717) is 28.4 Å². The summed E-state index contributed by atoms with van der Waals surface area (Å²) in [6.07, 6.45) is 1.28. The highest BCUT2D eigenvalue weighted by atomic mass is 19.1. The Balaban J connectivity index is 1.54. The van der Waals surface area contributed by atoms with Gasteiger partial charge >= 0.3 is 11.8 Å². The van der Waals surface area contributed by atoms with Crippen LogP contribution in [0.3, 0.4) is 0 Å². The molecule has 3 N–H and O–H groups in total. The molecule has 0 aromatic heterocycles. The molecular formula is C24H21FN4O5. The second-order valence-electron chi connectivity index (χ2n) is 6.74. The zero-order valence-corrected chi connectivity index (χ0v) is 18.1. The Morgan fingerprint density at radius 1 is 0.882 bits per heavy atom. The fourth-order valence-corrected chi connectivity index (χ4v) is 2.73. The number of amides is 3. The van der Waals surface area contributed by atoms with Crippen molar-refractivity contribution in [2.24, 2.45) is 5.10 Å². The Labute approximate surface area is 194 Å². The fourth-order valence-electron chi connectivity index (χ4n) is 2.73. The highest BCUT2D eigenvalue weighted by molar-refractivity contribution is 6.39. The van der Waals surface area contributed by atoms with Crippen molar-refractivity contribution in [3.05, 3.63) is 84.2 Å². The predicted octanol–water partition coefficient (Wildman–Crippen LogP) is 2.94. The SMILES string of the molecule is COc1ccccc1NC(=O)C(=O)N/N=C/c1ccccc1OCC(=O)Nc1ccc(F)cc1. The maximum absolute atomic E-state index is 13.0. The molecule has 9 nitrogen and oxygen atoms in total. The summed E-state index contributed by atoms with van der Waals surface area (Å²) in [6, 6.07) is 18.6. The molecule has 3 rings (SSSR count). The van der Waals surface area contributed by atoms with Crippen LogP contribution in [0, 0.1) is 5.82 Å². The third-order valence-corrected chi connectivity index (χ3v) is 4.34. The minimum atomic E-state index is -0.987. The fraction of sp³-hybridized carbons (Fsp3) is 0.0833. The van der Waals surface area contributed by atoms with Crippen molar-refractivity contribution in [1.29, 1.82) is 0 Å². The summed E-state index contributed by atoms with van der Waals surface area (Å²) in [6.45, 7) is -0.310. The van der Waals surface area contributed by atoms with E-state index in [2.05, 4.69) is 21.2 Å². The van der Waals surface area contributed by atoms with Crippen molar-refractivity contribution >= 4 is 35.3 Å². The van der Waals surface area contributed by atoms with Gasteiger partial charge in [0.15, 0.2) is 6.61 Å². The molecule has 3 amide bonds. The third-order valence-electron chi connectivity index (χ3n) is 4.34. The van der Waals surface area contributed by atoms with Crippen molar-refractivity contribution < 1.29 is 28.2 Å². The van der Waals surface area contributed by atoms with Gasteiger partial charge in [0.1, 0.15) is 17.3 Å². The molecule has 0 spiro atoms. The zero-order valence-electron chi connectivity index (χ0n) is 18.1. The minimum absolute atomic E-state index is 0.310. The van der Waals surface area contributed by atoms with Crippen LogP contribution in [0.4, 0.5) is 15.8 Å². The van der Waals surface area contributed by atoms with Gasteiger partial charge in [-0.1, -0.05) is 24.3 Å². The van der Waals surface area contributed by atoms with Crippen LogP contribution in [0.15, 0.2) is 77.9 Å². The molecule has 0 fully saturated rings. The van der Waals surface area contributed by atoms with Crippen molar-refractivity contribution in [3.8, 4) is 11.5 Å². The summed E-state index contributed by atoms with van der Waals surface area (Å²) in [5.41, 5.74) is 3.36. The quantitative estimate of drug-likeness (QED) is 0.269. The molecule has 0 heterocycles. The van der Waals surface area contributed by atoms with E-state index < -0.39 is 23.5 Å². The topological polar surface area (TPSA) is 118 Å². The van der Waals surface area contributed by atoms with Gasteiger partial charge in [0.25, 0.3) is 5.91 Å². The van der Waals surface area contributed by atoms with E-state index in [-0.39, 0.29) is 6.61 Å². The first-order valence-electron chi connectivity index (χ1n) is 10.0. The number of nitrogens with zero attached hydrogens (tertiary/aromatic N) is 1. The van der Waals surface area contributed by atoms with Gasteiger partial charge in [0.2, 0.25) is 0 Å². The number of carbonyl (C=O) groups excluding carboxylic acids is 3. The van der Waals surface area contributed by atoms with Gasteiger partial charge in [0, 0.05) is 11.3 Å². The number of anilines is 2. The molecule has 0 aliphatic rings. The molecule has 0 bridgehead atoms. The molecule has 0 radical (unpaired) electrons. The smallest absolute Gasteiger partial charge is 0.329 e. The molecule has 10 heteroatoms. The standard InChI is InChI=1S/C24H21FN4O5/c1-33-21-9-5-3-7-19(21)28-23(31)24(32)29-26-14-16-6-2-4-8-20(16)34-15-22(30)27-18-12-10-17(25)11-13-18/h2-14H,15H2,1H3,(H,27,30)(H,28,31)(H,29,32)/b26-14+. The maximum atomic E-state index is 13.0. The van der Waals surface area contributed by atoms with Gasteiger partial charge in [-0.25, -0.2) is 9.82 Å². The first kappa shape index (κ1) is 23.9. The molecular weight excluding hydrogens is 443 g/mol. The molecule has 0 aliphatic carbocycles. The summed E-state index contributed by atoms with van der Waals surface area (Å²) in [7, 11) is 1.45. The summed E-state index contributed by atoms with van der Waals surface area (Å²) in [5, 5.41) is 8.80. The number of para-hydroxylation sites is 3. The number of nitrogens with one attached hydrogen (secondary N) is 3. The van der Waals surface area contributed by atoms with Crippen LogP contribution >= 0.6 is 0 Å². The first-order valence-corrected chi connectivity index (χ1v) is 10.0. The summed E-state index contributed by atoms with van der Waals surface area (Å²) < 4.78 is 23.6. The van der Waals surface area contributed by atoms with Gasteiger partial charge in [-0.15, -0.1) is 0 Å². The predicted molar refractivity (Wildman–Crippen MR) is 124 cm³/mol. The number of ether oxygens (including phenoxy) is 2. The molecule has 174 valence electrons. The Bertz CT molecular complexity index is 1200. The lowest BCUT2D eigenvalue weighted by molar-refractivity contribution is -0.136. The average molecular weight is 464 g/mol. The normalized spacial score (nSPS) is 10.4. The molecule has 34 heavy (non-hydrogen) atoms. The van der Waals surface area contributed by atoms with Crippen LogP contribution in [0.1, 0.15) is 5.56 Å². The number of rotatable bonds is 8. The number of hydrogen-bond acceptors (Lipinski definition) is 6. The number of benzene rings is 3. The Kier molecular flexibility index (Phi) is 8.28. The van der Waals surface area contributed by atoms with Crippen LogP contribution in [-0.2, 0) is 14.4 Å². The van der Waals surface area contributed by atoms with E-state index in [0.717, 1.165) is 0 Å². The highest BCUT2D eigenvalue weighted by Crippen LogP contribution is 2.22. The van der Waals surface area contributed by atoms with Gasteiger partial charge in [0.05, 0.1) is 19.0 Å². The molecule has 3 aromatic rings. The molecule has 0 saturated carbocycles. The lowest BCUT2D eigenvalue weighted by Gasteiger charge is -2.10. The Hall–Kier alpha value is -4.73. The van der Waals surface area contributed by atoms with E-state index in [4.69, 9.17) is 9.47 Å². The van der Waals surface area contributed by atoms with E-state index in [1.54, 1.807) is 48.5 Å². The second-order valence-corrected chi connectivity index (χ2v) is 6.74. The van der Waals surface area contributed by atoms with Crippen molar-refractivity contribution in [2.45, 2.75) is 0 Å². The number of hydrazone groups is 1. The third kappa shape index (κ3) is 6.89. The van der Waals surface area contributed by atoms with Crippen LogP contribution in [0.5, 0.6) is 11.5 Å². The Morgan fingerprint density at radius 2 is 1.56 bits per heavy atom. The number of hydrogen-bond donors (Lipinski definition) is 3. The van der Waals surface area contributed by atoms with Crippen LogP contribution < -0.4 is 25.5 Å². The van der Waals surface area contributed by atoms with Gasteiger partial charge in [-0.3, -0.25) is 14.4 Å². The Morgan fingerprint density at radius 3 is 2.29 bits per heavy atom. The zero-order chi connectivity index (χ0) is 24.3. The van der Waals surface area contributed by atoms with Gasteiger partial charge < -0.3 is 20.1 Å². The highest BCUT2D eigenvalue weighted by Gasteiger charge is 2.15. The van der Waals surface area contributed by atoms with E-state index in [9.17, 15) is 18.8 Å². The second kappa shape index (κ2) is 11.8. The van der Waals surface area contributed by atoms with Crippen molar-refractivity contribution in [1.82, 2.24) is 5.43 Å². The average Bonchev–Trinajstić information content (AvgIpc) is 2.85. The minimum Gasteiger partial charge on any atom is -0.495 e. The number of halogens is 1. The molecule has 0 aliphatic heterocycles. The van der Waals surface area contributed by atoms with Crippen molar-refractivity contribution in [2.75, 3.05) is 24.4 Å². The van der Waals surface area contributed by atoms with Gasteiger partial charge in [-0.05, 0) is 48.5 Å². The number of carbonyl (C=O) groups is 3. The summed E-state index contributed by atoms with van der Waals surface area (Å²) in [5.74, 6) is -2.04. The van der Waals surface area contributed by atoms with Crippen molar-refractivity contribution in [3.63, 3.8) is 0 Å². The van der Waals surface area contributed by atoms with Crippen LogP contribution in [0.2, 0.25) is 0 Å². The molecule has 3 aromatic carbocycles. The molecule has 0 atom stereocenters. The lowest BCUT2D eigenvalue weighted by atomic mass is 10.2. The molecule has 0 unspecified atom stereocenters. The summed E-state index contributed by atoms with van der Waals surface area (Å²) >= 11 is 0. The lowest BCUT2D eigenvalue weighted by Crippen LogP contribution is -2.32. The number of methoxy groups -OCH3 is 1. The van der Waals surface area contributed by atoms with Crippen LogP contribution in [-0.4, -0.2) is 37.7 Å². The van der Waals surface area contributed by atoms with E-state index >= 15 is 0 Å². The van der Waals surface area contributed by atoms with Gasteiger partial charge in [-0.2, -0.15) is 5.10 Å². The van der Waals surface area contributed by atoms with E-state index in [1.807, 2.05) is 0 Å². The maximum Gasteiger partial charge on any atom is 0.329 e. The first-order chi connectivity index (χ1) is 16.5. The van der Waals surface area contributed by atoms with E-state index in [1.165, 1.54) is 37.6 Å². The largest absolute Gasteiger partial charge is 0.495 e. The van der Waals surface area contributed by atoms with Crippen LogP contribution in [0.25, 0.3) is 0 Å².